The van der Waals surface area contributed by atoms with Crippen molar-refractivity contribution < 1.29 is 9.21 Å². The maximum atomic E-state index is 12.2. The van der Waals surface area contributed by atoms with Crippen LogP contribution in [0.4, 0.5) is 0 Å². The van der Waals surface area contributed by atoms with E-state index >= 15 is 0 Å². The molecule has 146 valence electrons. The minimum absolute atomic E-state index is 0.161. The Morgan fingerprint density at radius 2 is 1.93 bits per heavy atom. The fourth-order valence-corrected chi connectivity index (χ4v) is 4.38. The lowest BCUT2D eigenvalue weighted by atomic mass is 9.86. The highest BCUT2D eigenvalue weighted by Crippen LogP contribution is 2.36. The average Bonchev–Trinajstić information content (AvgIpc) is 3.18. The summed E-state index contributed by atoms with van der Waals surface area (Å²) in [5, 5.41) is 0. The Balaban J connectivity index is 1.82. The number of amides is 1. The molecule has 1 aliphatic heterocycles. The highest BCUT2D eigenvalue weighted by Gasteiger charge is 2.36. The van der Waals surface area contributed by atoms with E-state index in [4.69, 9.17) is 4.42 Å². The molecule has 4 heteroatoms. The van der Waals surface area contributed by atoms with Gasteiger partial charge in [0.15, 0.2) is 0 Å². The third-order valence-electron chi connectivity index (χ3n) is 5.74. The van der Waals surface area contributed by atoms with Crippen LogP contribution in [0.25, 0.3) is 0 Å². The van der Waals surface area contributed by atoms with Gasteiger partial charge in [0.1, 0.15) is 11.5 Å². The normalized spacial score (nSPS) is 20.4. The van der Waals surface area contributed by atoms with Crippen molar-refractivity contribution in [1.82, 2.24) is 9.80 Å². The van der Waals surface area contributed by atoms with Gasteiger partial charge in [-0.3, -0.25) is 9.69 Å². The van der Waals surface area contributed by atoms with Gasteiger partial charge >= 0.3 is 0 Å². The van der Waals surface area contributed by atoms with Crippen molar-refractivity contribution >= 4 is 5.91 Å². The fraction of sp³-hybridized carbons (Fsp3) is 0.522. The van der Waals surface area contributed by atoms with E-state index in [1.807, 2.05) is 17.9 Å². The van der Waals surface area contributed by atoms with Crippen molar-refractivity contribution in [3.8, 4) is 0 Å². The Morgan fingerprint density at radius 1 is 1.19 bits per heavy atom. The lowest BCUT2D eigenvalue weighted by Crippen LogP contribution is -2.40. The van der Waals surface area contributed by atoms with Crippen LogP contribution in [0.2, 0.25) is 0 Å². The molecule has 2 aromatic rings. The van der Waals surface area contributed by atoms with E-state index < -0.39 is 0 Å². The van der Waals surface area contributed by atoms with Gasteiger partial charge in [0.2, 0.25) is 5.91 Å². The zero-order valence-corrected chi connectivity index (χ0v) is 17.2. The van der Waals surface area contributed by atoms with Gasteiger partial charge < -0.3 is 9.32 Å². The van der Waals surface area contributed by atoms with Crippen LogP contribution in [-0.4, -0.2) is 41.4 Å². The van der Waals surface area contributed by atoms with Crippen LogP contribution in [0.15, 0.2) is 40.8 Å². The van der Waals surface area contributed by atoms with E-state index in [1.165, 1.54) is 11.1 Å². The van der Waals surface area contributed by atoms with E-state index in [0.717, 1.165) is 37.7 Å². The quantitative estimate of drug-likeness (QED) is 0.760. The van der Waals surface area contributed by atoms with Crippen LogP contribution in [0.1, 0.15) is 49.3 Å². The van der Waals surface area contributed by atoms with Gasteiger partial charge in [-0.2, -0.15) is 0 Å². The number of carbonyl (C=O) groups is 1. The van der Waals surface area contributed by atoms with Gasteiger partial charge in [0.05, 0.1) is 6.54 Å². The molecule has 2 heterocycles. The first-order valence-corrected chi connectivity index (χ1v) is 9.95. The molecule has 4 nitrogen and oxygen atoms in total. The van der Waals surface area contributed by atoms with Gasteiger partial charge in [-0.15, -0.1) is 0 Å². The summed E-state index contributed by atoms with van der Waals surface area (Å²) in [6, 6.07) is 13.0. The molecule has 1 saturated heterocycles. The number of nitrogens with zero attached hydrogens (tertiary/aromatic N) is 2. The Kier molecular flexibility index (Phi) is 6.05. The van der Waals surface area contributed by atoms with Gasteiger partial charge in [-0.05, 0) is 56.9 Å². The SMILES string of the molecule is CC(=O)N(CC1CN(Cc2ccc(C)o2)CC1c1ccccc1C)C(C)C. The first-order valence-electron chi connectivity index (χ1n) is 9.95. The number of hydrogen-bond acceptors (Lipinski definition) is 3. The summed E-state index contributed by atoms with van der Waals surface area (Å²) in [6.07, 6.45) is 0. The number of furan rings is 1. The van der Waals surface area contributed by atoms with Gasteiger partial charge in [-0.25, -0.2) is 0 Å². The first kappa shape index (κ1) is 19.7. The van der Waals surface area contributed by atoms with E-state index in [9.17, 15) is 4.79 Å². The number of aryl methyl sites for hydroxylation is 2. The summed E-state index contributed by atoms with van der Waals surface area (Å²) in [5.41, 5.74) is 2.75. The molecule has 2 unspecified atom stereocenters. The Hall–Kier alpha value is -2.07. The zero-order chi connectivity index (χ0) is 19.6. The van der Waals surface area contributed by atoms with Gasteiger partial charge in [-0.1, -0.05) is 24.3 Å². The van der Waals surface area contributed by atoms with Crippen molar-refractivity contribution in [3.63, 3.8) is 0 Å². The third-order valence-corrected chi connectivity index (χ3v) is 5.74. The Labute approximate surface area is 163 Å². The van der Waals surface area contributed by atoms with Gasteiger partial charge in [0, 0.05) is 38.5 Å². The number of likely N-dealkylation sites (tertiary alicyclic amines) is 1. The van der Waals surface area contributed by atoms with Crippen LogP contribution in [-0.2, 0) is 11.3 Å². The zero-order valence-electron chi connectivity index (χ0n) is 17.2. The number of carbonyl (C=O) groups excluding carboxylic acids is 1. The molecule has 0 radical (unpaired) electrons. The minimum Gasteiger partial charge on any atom is -0.465 e. The van der Waals surface area contributed by atoms with Crippen LogP contribution in [0.5, 0.6) is 0 Å². The molecule has 3 rings (SSSR count). The third kappa shape index (κ3) is 4.62. The molecule has 0 spiro atoms. The highest BCUT2D eigenvalue weighted by molar-refractivity contribution is 5.73. The van der Waals surface area contributed by atoms with Gasteiger partial charge in [0.25, 0.3) is 0 Å². The van der Waals surface area contributed by atoms with Crippen LogP contribution >= 0.6 is 0 Å². The Bertz CT molecular complexity index is 780. The molecule has 1 aliphatic rings. The van der Waals surface area contributed by atoms with E-state index in [1.54, 1.807) is 6.92 Å². The number of benzene rings is 1. The second-order valence-electron chi connectivity index (χ2n) is 8.19. The number of hydrogen-bond donors (Lipinski definition) is 0. The van der Waals surface area contributed by atoms with Crippen LogP contribution in [0.3, 0.4) is 0 Å². The summed E-state index contributed by atoms with van der Waals surface area (Å²) in [4.78, 5) is 16.6. The summed E-state index contributed by atoms with van der Waals surface area (Å²) >= 11 is 0. The monoisotopic (exact) mass is 368 g/mol. The summed E-state index contributed by atoms with van der Waals surface area (Å²) < 4.78 is 5.80. The molecule has 0 saturated carbocycles. The highest BCUT2D eigenvalue weighted by atomic mass is 16.3. The molecular formula is C23H32N2O2. The van der Waals surface area contributed by atoms with Crippen molar-refractivity contribution in [1.29, 1.82) is 0 Å². The molecule has 0 bridgehead atoms. The molecule has 1 fully saturated rings. The molecule has 0 aliphatic carbocycles. The second kappa shape index (κ2) is 8.30. The molecule has 1 amide bonds. The van der Waals surface area contributed by atoms with Crippen LogP contribution in [0, 0.1) is 19.8 Å². The fourth-order valence-electron chi connectivity index (χ4n) is 4.38. The lowest BCUT2D eigenvalue weighted by Gasteiger charge is -2.31. The van der Waals surface area contributed by atoms with Crippen molar-refractivity contribution in [2.24, 2.45) is 5.92 Å². The summed E-state index contributed by atoms with van der Waals surface area (Å²) in [5.74, 6) is 2.99. The molecule has 1 aromatic heterocycles. The predicted molar refractivity (Wildman–Crippen MR) is 109 cm³/mol. The molecule has 2 atom stereocenters. The first-order chi connectivity index (χ1) is 12.8. The summed E-state index contributed by atoms with van der Waals surface area (Å²) in [6.45, 7) is 13.7. The smallest absolute Gasteiger partial charge is 0.219 e. The van der Waals surface area contributed by atoms with E-state index in [-0.39, 0.29) is 11.9 Å². The van der Waals surface area contributed by atoms with Crippen molar-refractivity contribution in [2.45, 2.75) is 53.1 Å². The largest absolute Gasteiger partial charge is 0.465 e. The molecule has 0 N–H and O–H groups in total. The standard InChI is InChI=1S/C23H32N2O2/c1-16(2)25(19(5)26)13-20-12-24(14-21-11-10-18(4)27-21)15-23(20)22-9-7-6-8-17(22)3/h6-11,16,20,23H,12-15H2,1-5H3. The average molecular weight is 369 g/mol. The lowest BCUT2D eigenvalue weighted by molar-refractivity contribution is -0.131. The molecular weight excluding hydrogens is 336 g/mol. The molecule has 27 heavy (non-hydrogen) atoms. The van der Waals surface area contributed by atoms with Crippen LogP contribution < -0.4 is 0 Å². The minimum atomic E-state index is 0.161. The van der Waals surface area contributed by atoms with Crippen molar-refractivity contribution in [2.75, 3.05) is 19.6 Å². The summed E-state index contributed by atoms with van der Waals surface area (Å²) in [7, 11) is 0. The van der Waals surface area contributed by atoms with E-state index in [2.05, 4.69) is 56.0 Å². The molecule has 1 aromatic carbocycles. The maximum Gasteiger partial charge on any atom is 0.219 e. The Morgan fingerprint density at radius 3 is 2.52 bits per heavy atom. The number of rotatable bonds is 6. The van der Waals surface area contributed by atoms with E-state index in [0.29, 0.717) is 11.8 Å². The maximum absolute atomic E-state index is 12.2. The topological polar surface area (TPSA) is 36.7 Å². The van der Waals surface area contributed by atoms with Crippen molar-refractivity contribution in [3.05, 3.63) is 59.0 Å². The predicted octanol–water partition coefficient (Wildman–Crippen LogP) is 4.37. The second-order valence-corrected chi connectivity index (χ2v) is 8.19.